The summed E-state index contributed by atoms with van der Waals surface area (Å²) >= 11 is 1.65. The highest BCUT2D eigenvalue weighted by molar-refractivity contribution is 7.10. The van der Waals surface area contributed by atoms with Gasteiger partial charge in [-0.1, -0.05) is 6.92 Å². The van der Waals surface area contributed by atoms with Crippen molar-refractivity contribution in [2.75, 3.05) is 5.73 Å². The number of amides is 1. The molecule has 0 saturated carbocycles. The molecular weight excluding hydrogens is 248 g/mol. The van der Waals surface area contributed by atoms with E-state index in [4.69, 9.17) is 5.73 Å². The van der Waals surface area contributed by atoms with Crippen LogP contribution in [0.5, 0.6) is 0 Å². The number of anilines is 1. The molecule has 0 unspecified atom stereocenters. The molecule has 2 rings (SSSR count). The molecule has 6 heteroatoms. The van der Waals surface area contributed by atoms with Gasteiger partial charge in [-0.25, -0.2) is 0 Å². The van der Waals surface area contributed by atoms with E-state index in [9.17, 15) is 4.79 Å². The molecule has 1 amide bonds. The fourth-order valence-electron chi connectivity index (χ4n) is 1.81. The number of carbonyl (C=O) groups excluding carboxylic acids is 1. The number of nitrogens with one attached hydrogen (secondary N) is 1. The topological polar surface area (TPSA) is 72.9 Å². The van der Waals surface area contributed by atoms with Gasteiger partial charge in [0.05, 0.1) is 18.4 Å². The molecule has 0 spiro atoms. The Morgan fingerprint density at radius 1 is 1.61 bits per heavy atom. The molecule has 0 aliphatic heterocycles. The van der Waals surface area contributed by atoms with Gasteiger partial charge in [0.1, 0.15) is 5.69 Å². The highest BCUT2D eigenvalue weighted by Gasteiger charge is 2.15. The smallest absolute Gasteiger partial charge is 0.271 e. The first-order valence-electron chi connectivity index (χ1n) is 5.74. The molecule has 0 fully saturated rings. The summed E-state index contributed by atoms with van der Waals surface area (Å²) in [6.45, 7) is 2.64. The normalized spacial score (nSPS) is 10.6. The Balaban J connectivity index is 2.05. The average Bonchev–Trinajstić information content (AvgIpc) is 2.93. The van der Waals surface area contributed by atoms with Crippen molar-refractivity contribution in [3.8, 4) is 0 Å². The highest BCUT2D eigenvalue weighted by Crippen LogP contribution is 2.17. The van der Waals surface area contributed by atoms with Gasteiger partial charge in [-0.2, -0.15) is 5.10 Å². The lowest BCUT2D eigenvalue weighted by Crippen LogP contribution is -2.26. The standard InChI is InChI=1S/C12H16N4OS/c1-3-8-4-5-18-10(8)7-14-12(17)11-9(13)6-15-16(11)2/h4-6H,3,7,13H2,1-2H3,(H,14,17). The van der Waals surface area contributed by atoms with Crippen molar-refractivity contribution in [2.24, 2.45) is 7.05 Å². The van der Waals surface area contributed by atoms with Crippen molar-refractivity contribution < 1.29 is 4.79 Å². The van der Waals surface area contributed by atoms with Gasteiger partial charge in [0.25, 0.3) is 5.91 Å². The first kappa shape index (κ1) is 12.6. The number of carbonyl (C=O) groups is 1. The minimum atomic E-state index is -0.192. The van der Waals surface area contributed by atoms with Gasteiger partial charge in [-0.05, 0) is 23.4 Å². The number of nitrogens with zero attached hydrogens (tertiary/aromatic N) is 2. The minimum Gasteiger partial charge on any atom is -0.396 e. The molecule has 5 nitrogen and oxygen atoms in total. The highest BCUT2D eigenvalue weighted by atomic mass is 32.1. The fourth-order valence-corrected chi connectivity index (χ4v) is 2.73. The SMILES string of the molecule is CCc1ccsc1CNC(=O)c1c(N)cnn1C. The third-order valence-corrected chi connectivity index (χ3v) is 3.77. The number of nitrogens with two attached hydrogens (primary N) is 1. The van der Waals surface area contributed by atoms with Gasteiger partial charge in [0, 0.05) is 11.9 Å². The molecule has 2 aromatic rings. The lowest BCUT2D eigenvalue weighted by molar-refractivity contribution is 0.0943. The Hall–Kier alpha value is -1.82. The number of hydrogen-bond acceptors (Lipinski definition) is 4. The summed E-state index contributed by atoms with van der Waals surface area (Å²) in [6.07, 6.45) is 2.46. The van der Waals surface area contributed by atoms with Crippen LogP contribution in [0, 0.1) is 0 Å². The number of aromatic nitrogens is 2. The monoisotopic (exact) mass is 264 g/mol. The number of aryl methyl sites for hydroxylation is 2. The van der Waals surface area contributed by atoms with Gasteiger partial charge in [-0.15, -0.1) is 11.3 Å². The molecule has 0 aliphatic rings. The average molecular weight is 264 g/mol. The molecule has 3 N–H and O–H groups in total. The van der Waals surface area contributed by atoms with E-state index in [-0.39, 0.29) is 5.91 Å². The molecule has 2 heterocycles. The zero-order valence-electron chi connectivity index (χ0n) is 10.4. The lowest BCUT2D eigenvalue weighted by atomic mass is 10.2. The summed E-state index contributed by atoms with van der Waals surface area (Å²) in [6, 6.07) is 2.09. The summed E-state index contributed by atoms with van der Waals surface area (Å²) in [5.41, 5.74) is 7.79. The summed E-state index contributed by atoms with van der Waals surface area (Å²) in [4.78, 5) is 13.2. The van der Waals surface area contributed by atoms with E-state index >= 15 is 0 Å². The molecule has 0 radical (unpaired) electrons. The number of nitrogen functional groups attached to an aromatic ring is 1. The molecule has 96 valence electrons. The molecule has 2 aromatic heterocycles. The van der Waals surface area contributed by atoms with Crippen LogP contribution in [-0.2, 0) is 20.0 Å². The second-order valence-electron chi connectivity index (χ2n) is 3.98. The van der Waals surface area contributed by atoms with Gasteiger partial charge in [0.2, 0.25) is 0 Å². The number of hydrogen-bond donors (Lipinski definition) is 2. The molecular formula is C12H16N4OS. The van der Waals surface area contributed by atoms with Crippen molar-refractivity contribution in [1.29, 1.82) is 0 Å². The predicted molar refractivity (Wildman–Crippen MR) is 72.5 cm³/mol. The Labute approximate surface area is 110 Å². The molecule has 0 aromatic carbocycles. The summed E-state index contributed by atoms with van der Waals surface area (Å²) in [5.74, 6) is -0.192. The zero-order valence-corrected chi connectivity index (χ0v) is 11.3. The van der Waals surface area contributed by atoms with Crippen LogP contribution in [0.25, 0.3) is 0 Å². The van der Waals surface area contributed by atoms with Gasteiger partial charge in [0.15, 0.2) is 0 Å². The van der Waals surface area contributed by atoms with Gasteiger partial charge >= 0.3 is 0 Å². The predicted octanol–water partition coefficient (Wildman–Crippen LogP) is 1.56. The van der Waals surface area contributed by atoms with Crippen LogP contribution in [0.4, 0.5) is 5.69 Å². The summed E-state index contributed by atoms with van der Waals surface area (Å²) in [7, 11) is 1.70. The molecule has 0 saturated heterocycles. The maximum Gasteiger partial charge on any atom is 0.271 e. The zero-order chi connectivity index (χ0) is 13.1. The molecule has 0 atom stereocenters. The Bertz CT molecular complexity index is 539. The van der Waals surface area contributed by atoms with Crippen LogP contribution in [0.2, 0.25) is 0 Å². The fraction of sp³-hybridized carbons (Fsp3) is 0.333. The van der Waals surface area contributed by atoms with Crippen LogP contribution < -0.4 is 11.1 Å². The van der Waals surface area contributed by atoms with E-state index in [0.29, 0.717) is 17.9 Å². The van der Waals surface area contributed by atoms with Crippen molar-refractivity contribution >= 4 is 22.9 Å². The Morgan fingerprint density at radius 2 is 2.39 bits per heavy atom. The lowest BCUT2D eigenvalue weighted by Gasteiger charge is -2.06. The minimum absolute atomic E-state index is 0.192. The van der Waals surface area contributed by atoms with E-state index < -0.39 is 0 Å². The number of thiophene rings is 1. The van der Waals surface area contributed by atoms with Crippen LogP contribution in [0.15, 0.2) is 17.6 Å². The third-order valence-electron chi connectivity index (χ3n) is 2.81. The van der Waals surface area contributed by atoms with Gasteiger partial charge in [-0.3, -0.25) is 9.48 Å². The third kappa shape index (κ3) is 2.38. The van der Waals surface area contributed by atoms with Gasteiger partial charge < -0.3 is 11.1 Å². The summed E-state index contributed by atoms with van der Waals surface area (Å²) in [5, 5.41) is 8.86. The first-order chi connectivity index (χ1) is 8.63. The quantitative estimate of drug-likeness (QED) is 0.880. The van der Waals surface area contributed by atoms with E-state index in [1.807, 2.05) is 5.38 Å². The van der Waals surface area contributed by atoms with Crippen molar-refractivity contribution in [3.63, 3.8) is 0 Å². The van der Waals surface area contributed by atoms with Crippen molar-refractivity contribution in [1.82, 2.24) is 15.1 Å². The molecule has 0 aliphatic carbocycles. The van der Waals surface area contributed by atoms with Crippen molar-refractivity contribution in [2.45, 2.75) is 19.9 Å². The van der Waals surface area contributed by atoms with E-state index in [0.717, 1.165) is 6.42 Å². The number of rotatable bonds is 4. The largest absolute Gasteiger partial charge is 0.396 e. The Morgan fingerprint density at radius 3 is 3.00 bits per heavy atom. The first-order valence-corrected chi connectivity index (χ1v) is 6.62. The van der Waals surface area contributed by atoms with E-state index in [1.165, 1.54) is 21.3 Å². The van der Waals surface area contributed by atoms with Crippen LogP contribution in [0.1, 0.15) is 27.9 Å². The van der Waals surface area contributed by atoms with Crippen molar-refractivity contribution in [3.05, 3.63) is 33.8 Å². The van der Waals surface area contributed by atoms with E-state index in [1.54, 1.807) is 18.4 Å². The van der Waals surface area contributed by atoms with Crippen LogP contribution in [0.3, 0.4) is 0 Å². The maximum absolute atomic E-state index is 12.0. The molecule has 18 heavy (non-hydrogen) atoms. The molecule has 0 bridgehead atoms. The van der Waals surface area contributed by atoms with E-state index in [2.05, 4.69) is 23.4 Å². The van der Waals surface area contributed by atoms with Crippen LogP contribution in [-0.4, -0.2) is 15.7 Å². The van der Waals surface area contributed by atoms with Crippen LogP contribution >= 0.6 is 11.3 Å². The maximum atomic E-state index is 12.0. The Kier molecular flexibility index (Phi) is 3.66. The second kappa shape index (κ2) is 5.22. The second-order valence-corrected chi connectivity index (χ2v) is 4.98. The summed E-state index contributed by atoms with van der Waals surface area (Å²) < 4.78 is 1.49.